The van der Waals surface area contributed by atoms with Crippen LogP contribution in [-0.2, 0) is 15.6 Å². The number of aromatic hydroxyl groups is 3. The van der Waals surface area contributed by atoms with Crippen molar-refractivity contribution in [3.05, 3.63) is 52.1 Å². The van der Waals surface area contributed by atoms with Crippen LogP contribution in [0.5, 0.6) is 17.2 Å². The van der Waals surface area contributed by atoms with Gasteiger partial charge in [0.05, 0.1) is 15.6 Å². The fourth-order valence-corrected chi connectivity index (χ4v) is 3.21. The number of nitro benzene ring substituents is 1. The number of sulfone groups is 1. The maximum Gasteiger partial charge on any atom is 0.315 e. The van der Waals surface area contributed by atoms with Gasteiger partial charge in [0.2, 0.25) is 5.75 Å². The standard InChI is InChI=1S/C13H11NO7S/c15-9-3-1-2-8(4-9)7-22(20,21)10-5-11(14(18)19)13(17)12(16)6-10/h1-6,15-17H,7H2. The molecule has 0 saturated carbocycles. The Morgan fingerprint density at radius 2 is 1.77 bits per heavy atom. The zero-order valence-corrected chi connectivity index (χ0v) is 11.8. The molecule has 3 N–H and O–H groups in total. The highest BCUT2D eigenvalue weighted by Crippen LogP contribution is 2.38. The number of rotatable bonds is 4. The van der Waals surface area contributed by atoms with Crippen LogP contribution < -0.4 is 0 Å². The lowest BCUT2D eigenvalue weighted by Gasteiger charge is -2.07. The van der Waals surface area contributed by atoms with Gasteiger partial charge >= 0.3 is 5.69 Å². The zero-order chi connectivity index (χ0) is 16.5. The van der Waals surface area contributed by atoms with E-state index in [0.717, 1.165) is 6.07 Å². The van der Waals surface area contributed by atoms with Crippen LogP contribution in [0.4, 0.5) is 5.69 Å². The summed E-state index contributed by atoms with van der Waals surface area (Å²) < 4.78 is 24.5. The molecular formula is C13H11NO7S. The van der Waals surface area contributed by atoms with Crippen LogP contribution in [0.1, 0.15) is 5.56 Å². The van der Waals surface area contributed by atoms with Crippen LogP contribution in [0.15, 0.2) is 41.3 Å². The summed E-state index contributed by atoms with van der Waals surface area (Å²) in [4.78, 5) is 9.26. The summed E-state index contributed by atoms with van der Waals surface area (Å²) >= 11 is 0. The second-order valence-corrected chi connectivity index (χ2v) is 6.49. The summed E-state index contributed by atoms with van der Waals surface area (Å²) in [6.07, 6.45) is 0. The smallest absolute Gasteiger partial charge is 0.315 e. The highest BCUT2D eigenvalue weighted by molar-refractivity contribution is 7.90. The van der Waals surface area contributed by atoms with Gasteiger partial charge in [-0.2, -0.15) is 0 Å². The Hall–Kier alpha value is -2.81. The van der Waals surface area contributed by atoms with Crippen molar-refractivity contribution in [1.29, 1.82) is 0 Å². The number of hydrogen-bond acceptors (Lipinski definition) is 7. The molecule has 0 unspecified atom stereocenters. The maximum absolute atomic E-state index is 12.3. The van der Waals surface area contributed by atoms with E-state index in [2.05, 4.69) is 0 Å². The molecule has 9 heteroatoms. The van der Waals surface area contributed by atoms with Crippen molar-refractivity contribution in [2.75, 3.05) is 0 Å². The van der Waals surface area contributed by atoms with Crippen LogP contribution in [0.2, 0.25) is 0 Å². The fraction of sp³-hybridized carbons (Fsp3) is 0.0769. The summed E-state index contributed by atoms with van der Waals surface area (Å²) in [5.41, 5.74) is -0.635. The van der Waals surface area contributed by atoms with Gasteiger partial charge in [-0.3, -0.25) is 10.1 Å². The number of phenolic OH excluding ortho intramolecular Hbond substituents is 3. The predicted molar refractivity (Wildman–Crippen MR) is 75.4 cm³/mol. The molecule has 0 heterocycles. The molecule has 2 aromatic rings. The molecule has 0 aromatic heterocycles. The minimum absolute atomic E-state index is 0.118. The molecule has 0 radical (unpaired) electrons. The summed E-state index contributed by atoms with van der Waals surface area (Å²) in [7, 11) is -4.01. The van der Waals surface area contributed by atoms with Crippen LogP contribution in [0, 0.1) is 10.1 Å². The molecule has 0 atom stereocenters. The van der Waals surface area contributed by atoms with E-state index < -0.39 is 42.6 Å². The Morgan fingerprint density at radius 3 is 2.36 bits per heavy atom. The quantitative estimate of drug-likeness (QED) is 0.441. The molecule has 0 aliphatic heterocycles. The first-order valence-corrected chi connectivity index (χ1v) is 7.57. The third-order valence-corrected chi connectivity index (χ3v) is 4.53. The third-order valence-electron chi connectivity index (χ3n) is 2.87. The van der Waals surface area contributed by atoms with Gasteiger partial charge in [0.15, 0.2) is 15.6 Å². The van der Waals surface area contributed by atoms with Crippen LogP contribution in [-0.4, -0.2) is 28.7 Å². The molecule has 2 rings (SSSR count). The highest BCUT2D eigenvalue weighted by atomic mass is 32.2. The van der Waals surface area contributed by atoms with Crippen molar-refractivity contribution in [1.82, 2.24) is 0 Å². The molecule has 2 aromatic carbocycles. The first-order valence-electron chi connectivity index (χ1n) is 5.92. The molecule has 8 nitrogen and oxygen atoms in total. The minimum atomic E-state index is -4.01. The SMILES string of the molecule is O=[N+]([O-])c1cc(S(=O)(=O)Cc2cccc(O)c2)cc(O)c1O. The largest absolute Gasteiger partial charge is 0.508 e. The lowest BCUT2D eigenvalue weighted by atomic mass is 10.2. The van der Waals surface area contributed by atoms with E-state index >= 15 is 0 Å². The fourth-order valence-electron chi connectivity index (χ4n) is 1.85. The molecule has 0 saturated heterocycles. The first-order chi connectivity index (χ1) is 10.2. The van der Waals surface area contributed by atoms with E-state index in [-0.39, 0.29) is 11.3 Å². The number of benzene rings is 2. The molecule has 0 spiro atoms. The van der Waals surface area contributed by atoms with Gasteiger partial charge in [-0.05, 0) is 17.7 Å². The Labute approximate surface area is 125 Å². The van der Waals surface area contributed by atoms with E-state index in [1.165, 1.54) is 24.3 Å². The van der Waals surface area contributed by atoms with Gasteiger partial charge in [0.1, 0.15) is 5.75 Å². The van der Waals surface area contributed by atoms with Gasteiger partial charge in [0.25, 0.3) is 0 Å². The number of phenols is 3. The molecular weight excluding hydrogens is 314 g/mol. The first kappa shape index (κ1) is 15.6. The van der Waals surface area contributed by atoms with Gasteiger partial charge in [-0.25, -0.2) is 8.42 Å². The molecule has 0 amide bonds. The molecule has 0 aliphatic rings. The Kier molecular flexibility index (Phi) is 3.91. The monoisotopic (exact) mass is 325 g/mol. The third kappa shape index (κ3) is 3.09. The van der Waals surface area contributed by atoms with Crippen LogP contribution in [0.3, 0.4) is 0 Å². The minimum Gasteiger partial charge on any atom is -0.508 e. The Bertz CT molecular complexity index is 845. The van der Waals surface area contributed by atoms with E-state index in [9.17, 15) is 33.9 Å². The summed E-state index contributed by atoms with van der Waals surface area (Å²) in [6.45, 7) is 0. The second-order valence-electron chi connectivity index (χ2n) is 4.50. The van der Waals surface area contributed by atoms with Crippen molar-refractivity contribution in [2.24, 2.45) is 0 Å². The van der Waals surface area contributed by atoms with Gasteiger partial charge in [0, 0.05) is 12.1 Å². The molecule has 116 valence electrons. The zero-order valence-electron chi connectivity index (χ0n) is 11.0. The molecule has 0 bridgehead atoms. The van der Waals surface area contributed by atoms with Crippen molar-refractivity contribution < 1.29 is 28.7 Å². The molecule has 0 aliphatic carbocycles. The lowest BCUT2D eigenvalue weighted by molar-refractivity contribution is -0.386. The number of nitro groups is 1. The van der Waals surface area contributed by atoms with Crippen LogP contribution >= 0.6 is 0 Å². The van der Waals surface area contributed by atoms with Crippen molar-refractivity contribution in [3.8, 4) is 17.2 Å². The predicted octanol–water partition coefficient (Wildman–Crippen LogP) is 1.69. The average molecular weight is 325 g/mol. The van der Waals surface area contributed by atoms with Crippen LogP contribution in [0.25, 0.3) is 0 Å². The van der Waals surface area contributed by atoms with Crippen molar-refractivity contribution in [2.45, 2.75) is 10.6 Å². The Balaban J connectivity index is 2.48. The van der Waals surface area contributed by atoms with E-state index in [1.54, 1.807) is 0 Å². The molecule has 0 fully saturated rings. The van der Waals surface area contributed by atoms with Crippen molar-refractivity contribution >= 4 is 15.5 Å². The normalized spacial score (nSPS) is 11.3. The topological polar surface area (TPSA) is 138 Å². The van der Waals surface area contributed by atoms with Gasteiger partial charge < -0.3 is 15.3 Å². The summed E-state index contributed by atoms with van der Waals surface area (Å²) in [5, 5.41) is 38.9. The lowest BCUT2D eigenvalue weighted by Crippen LogP contribution is -2.05. The molecule has 22 heavy (non-hydrogen) atoms. The van der Waals surface area contributed by atoms with E-state index in [0.29, 0.717) is 6.07 Å². The number of nitrogens with zero attached hydrogens (tertiary/aromatic N) is 1. The maximum atomic E-state index is 12.3. The van der Waals surface area contributed by atoms with Crippen molar-refractivity contribution in [3.63, 3.8) is 0 Å². The Morgan fingerprint density at radius 1 is 1.09 bits per heavy atom. The highest BCUT2D eigenvalue weighted by Gasteiger charge is 2.25. The van der Waals surface area contributed by atoms with Gasteiger partial charge in [-0.15, -0.1) is 0 Å². The number of hydrogen-bond donors (Lipinski definition) is 3. The van der Waals surface area contributed by atoms with E-state index in [4.69, 9.17) is 0 Å². The van der Waals surface area contributed by atoms with Gasteiger partial charge in [-0.1, -0.05) is 12.1 Å². The summed E-state index contributed by atoms with van der Waals surface area (Å²) in [6, 6.07) is 6.94. The average Bonchev–Trinajstić information content (AvgIpc) is 2.40. The second kappa shape index (κ2) is 5.53. The van der Waals surface area contributed by atoms with E-state index in [1.807, 2.05) is 0 Å². The summed E-state index contributed by atoms with van der Waals surface area (Å²) in [5.74, 6) is -2.54.